The van der Waals surface area contributed by atoms with Gasteiger partial charge in [-0.05, 0) is 42.7 Å². The van der Waals surface area contributed by atoms with Crippen molar-refractivity contribution in [1.29, 1.82) is 5.41 Å². The van der Waals surface area contributed by atoms with Crippen molar-refractivity contribution in [3.8, 4) is 5.75 Å². The highest BCUT2D eigenvalue weighted by molar-refractivity contribution is 5.97. The van der Waals surface area contributed by atoms with Gasteiger partial charge < -0.3 is 9.15 Å². The first-order valence-electron chi connectivity index (χ1n) is 9.11. The molecule has 0 spiro atoms. The molecule has 1 amide bonds. The molecular weight excluding hydrogens is 372 g/mol. The molecule has 0 saturated carbocycles. The van der Waals surface area contributed by atoms with Crippen LogP contribution in [0.15, 0.2) is 59.6 Å². The van der Waals surface area contributed by atoms with E-state index in [1.54, 1.807) is 30.1 Å². The van der Waals surface area contributed by atoms with Gasteiger partial charge >= 0.3 is 5.91 Å². The van der Waals surface area contributed by atoms with Gasteiger partial charge in [0, 0.05) is 6.54 Å². The predicted octanol–water partition coefficient (Wildman–Crippen LogP) is 2.33. The Kier molecular flexibility index (Phi) is 5.10. The number of ether oxygens (including phenoxy) is 1. The number of carbonyl (C=O) groups is 1. The summed E-state index contributed by atoms with van der Waals surface area (Å²) in [6, 6.07) is 11.2. The van der Waals surface area contributed by atoms with E-state index in [2.05, 4.69) is 15.5 Å². The molecule has 4 rings (SSSR count). The van der Waals surface area contributed by atoms with Gasteiger partial charge in [0.1, 0.15) is 12.1 Å². The Bertz CT molecular complexity index is 1180. The maximum Gasteiger partial charge on any atom is 0.305 e. The number of aromatic nitrogens is 4. The number of nitrogens with one attached hydrogen (secondary N) is 2. The number of carbonyl (C=O) groups excluding carboxylic acids is 1. The normalized spacial score (nSPS) is 10.9. The summed E-state index contributed by atoms with van der Waals surface area (Å²) < 4.78 is 13.3. The number of furan rings is 1. The molecule has 0 aliphatic heterocycles. The summed E-state index contributed by atoms with van der Waals surface area (Å²) in [4.78, 5) is 16.5. The van der Waals surface area contributed by atoms with Crippen LogP contribution >= 0.6 is 0 Å². The third-order valence-electron chi connectivity index (χ3n) is 4.56. The zero-order valence-corrected chi connectivity index (χ0v) is 15.8. The quantitative estimate of drug-likeness (QED) is 0.501. The zero-order valence-electron chi connectivity index (χ0n) is 15.8. The number of amides is 1. The molecule has 148 valence electrons. The molecule has 3 aromatic heterocycles. The first kappa shape index (κ1) is 18.5. The van der Waals surface area contributed by atoms with E-state index in [1.165, 1.54) is 22.8 Å². The fourth-order valence-electron chi connectivity index (χ4n) is 3.03. The molecule has 0 aliphatic rings. The van der Waals surface area contributed by atoms with Crippen LogP contribution in [0.2, 0.25) is 0 Å². The molecule has 4 aromatic rings. The summed E-state index contributed by atoms with van der Waals surface area (Å²) in [6.45, 7) is 0.671. The molecule has 0 aliphatic carbocycles. The monoisotopic (exact) mass is 392 g/mol. The number of aryl methyl sites for hydroxylation is 2. The molecule has 29 heavy (non-hydrogen) atoms. The average Bonchev–Trinajstić information content (AvgIpc) is 3.41. The number of fused-ring (bicyclic) bond motifs is 1. The van der Waals surface area contributed by atoms with E-state index in [0.29, 0.717) is 17.6 Å². The molecule has 9 heteroatoms. The minimum atomic E-state index is -0.457. The SMILES string of the molecule is COc1ccc(CCCn2ncc3c(=N)n(NC(=O)c4ccco4)cnc32)cc1. The van der Waals surface area contributed by atoms with Gasteiger partial charge in [0.25, 0.3) is 0 Å². The molecule has 0 bridgehead atoms. The molecule has 0 unspecified atom stereocenters. The molecule has 2 N–H and O–H groups in total. The Morgan fingerprint density at radius 3 is 2.83 bits per heavy atom. The van der Waals surface area contributed by atoms with Crippen molar-refractivity contribution in [2.45, 2.75) is 19.4 Å². The molecular formula is C20H20N6O3. The fraction of sp³-hybridized carbons (Fsp3) is 0.200. The first-order chi connectivity index (χ1) is 14.2. The highest BCUT2D eigenvalue weighted by atomic mass is 16.5. The Labute approximate surface area is 166 Å². The van der Waals surface area contributed by atoms with Crippen LogP contribution in [0, 0.1) is 5.41 Å². The number of hydrogen-bond donors (Lipinski definition) is 2. The van der Waals surface area contributed by atoms with Crippen molar-refractivity contribution in [2.75, 3.05) is 12.5 Å². The van der Waals surface area contributed by atoms with Crippen molar-refractivity contribution < 1.29 is 13.9 Å². The minimum Gasteiger partial charge on any atom is -0.497 e. The summed E-state index contributed by atoms with van der Waals surface area (Å²) in [5, 5.41) is 13.2. The highest BCUT2D eigenvalue weighted by Gasteiger charge is 2.12. The number of methoxy groups -OCH3 is 1. The van der Waals surface area contributed by atoms with Crippen LogP contribution in [0.1, 0.15) is 22.5 Å². The van der Waals surface area contributed by atoms with E-state index in [1.807, 2.05) is 24.3 Å². The molecule has 9 nitrogen and oxygen atoms in total. The van der Waals surface area contributed by atoms with Crippen LogP contribution in [0.25, 0.3) is 11.0 Å². The van der Waals surface area contributed by atoms with Crippen LogP contribution in [0.4, 0.5) is 0 Å². The van der Waals surface area contributed by atoms with Gasteiger partial charge in [-0.1, -0.05) is 12.1 Å². The number of benzene rings is 1. The minimum absolute atomic E-state index is 0.0938. The van der Waals surface area contributed by atoms with Crippen LogP contribution in [-0.2, 0) is 13.0 Å². The second-order valence-electron chi connectivity index (χ2n) is 6.44. The van der Waals surface area contributed by atoms with Gasteiger partial charge in [-0.3, -0.25) is 15.6 Å². The highest BCUT2D eigenvalue weighted by Crippen LogP contribution is 2.13. The van der Waals surface area contributed by atoms with E-state index < -0.39 is 5.91 Å². The average molecular weight is 392 g/mol. The van der Waals surface area contributed by atoms with Gasteiger partial charge in [-0.15, -0.1) is 0 Å². The van der Waals surface area contributed by atoms with Crippen molar-refractivity contribution in [1.82, 2.24) is 19.4 Å². The van der Waals surface area contributed by atoms with Crippen LogP contribution < -0.4 is 15.7 Å². The molecule has 0 fully saturated rings. The van der Waals surface area contributed by atoms with E-state index in [-0.39, 0.29) is 11.2 Å². The predicted molar refractivity (Wildman–Crippen MR) is 105 cm³/mol. The molecule has 0 saturated heterocycles. The van der Waals surface area contributed by atoms with Crippen molar-refractivity contribution >= 4 is 16.9 Å². The zero-order chi connectivity index (χ0) is 20.2. The first-order valence-corrected chi connectivity index (χ1v) is 9.11. The van der Waals surface area contributed by atoms with Gasteiger partial charge in [0.05, 0.1) is 25.0 Å². The Hall–Kier alpha value is -3.88. The molecule has 0 radical (unpaired) electrons. The van der Waals surface area contributed by atoms with E-state index in [9.17, 15) is 4.79 Å². The summed E-state index contributed by atoms with van der Waals surface area (Å²) in [7, 11) is 1.65. The number of rotatable bonds is 7. The van der Waals surface area contributed by atoms with Crippen molar-refractivity contribution in [2.24, 2.45) is 0 Å². The smallest absolute Gasteiger partial charge is 0.305 e. The lowest BCUT2D eigenvalue weighted by molar-refractivity contribution is 0.0980. The summed E-state index contributed by atoms with van der Waals surface area (Å²) >= 11 is 0. The number of nitrogens with zero attached hydrogens (tertiary/aromatic N) is 4. The maximum atomic E-state index is 12.1. The third kappa shape index (κ3) is 3.88. The van der Waals surface area contributed by atoms with Gasteiger partial charge in [-0.25, -0.2) is 14.3 Å². The largest absolute Gasteiger partial charge is 0.497 e. The Morgan fingerprint density at radius 2 is 2.10 bits per heavy atom. The van der Waals surface area contributed by atoms with E-state index in [0.717, 1.165) is 18.6 Å². The second kappa shape index (κ2) is 8.01. The van der Waals surface area contributed by atoms with Gasteiger partial charge in [-0.2, -0.15) is 5.10 Å². The summed E-state index contributed by atoms with van der Waals surface area (Å²) in [5.74, 6) is 0.541. The lowest BCUT2D eigenvalue weighted by atomic mass is 10.1. The van der Waals surface area contributed by atoms with Crippen molar-refractivity contribution in [3.63, 3.8) is 0 Å². The topological polar surface area (TPSA) is 111 Å². The van der Waals surface area contributed by atoms with Crippen molar-refractivity contribution in [3.05, 3.63) is 72.0 Å². The summed E-state index contributed by atoms with van der Waals surface area (Å²) in [6.07, 6.45) is 6.17. The molecule has 0 atom stereocenters. The third-order valence-corrected chi connectivity index (χ3v) is 4.56. The summed E-state index contributed by atoms with van der Waals surface area (Å²) in [5.41, 5.74) is 4.49. The molecule has 1 aromatic carbocycles. The van der Waals surface area contributed by atoms with Crippen LogP contribution in [0.5, 0.6) is 5.75 Å². The van der Waals surface area contributed by atoms with Crippen LogP contribution in [-0.4, -0.2) is 32.5 Å². The fourth-order valence-corrected chi connectivity index (χ4v) is 3.03. The standard InChI is InChI=1S/C20H20N6O3/c1-28-15-8-6-14(7-9-15)4-2-10-25-19-16(12-23-25)18(21)26(13-22-19)24-20(27)17-5-3-11-29-17/h3,5-9,11-13,21H,2,4,10H2,1H3,(H,24,27). The lowest BCUT2D eigenvalue weighted by Gasteiger charge is -2.08. The maximum absolute atomic E-state index is 12.1. The molecule has 3 heterocycles. The van der Waals surface area contributed by atoms with Crippen LogP contribution in [0.3, 0.4) is 0 Å². The second-order valence-corrected chi connectivity index (χ2v) is 6.44. The Balaban J connectivity index is 1.45. The van der Waals surface area contributed by atoms with E-state index in [4.69, 9.17) is 14.6 Å². The van der Waals surface area contributed by atoms with E-state index >= 15 is 0 Å². The lowest BCUT2D eigenvalue weighted by Crippen LogP contribution is -2.33. The van der Waals surface area contributed by atoms with Gasteiger partial charge in [0.2, 0.25) is 0 Å². The Morgan fingerprint density at radius 1 is 1.28 bits per heavy atom. The van der Waals surface area contributed by atoms with Gasteiger partial charge in [0.15, 0.2) is 16.9 Å². The number of hydrogen-bond acceptors (Lipinski definition) is 6.